The van der Waals surface area contributed by atoms with Crippen molar-refractivity contribution < 1.29 is 42.2 Å². The number of hydrazine groups is 1. The lowest BCUT2D eigenvalue weighted by molar-refractivity contribution is -0.139. The molecule has 2 aliphatic carbocycles. The van der Waals surface area contributed by atoms with Crippen LogP contribution >= 0.6 is 23.2 Å². The minimum atomic E-state index is -4.76. The van der Waals surface area contributed by atoms with Gasteiger partial charge < -0.3 is 14.7 Å². The van der Waals surface area contributed by atoms with Gasteiger partial charge in [0.05, 0.1) is 52.7 Å². The van der Waals surface area contributed by atoms with E-state index in [1.165, 1.54) is 4.90 Å². The van der Waals surface area contributed by atoms with Gasteiger partial charge in [-0.05, 0) is 72.2 Å². The van der Waals surface area contributed by atoms with Crippen molar-refractivity contribution in [3.05, 3.63) is 136 Å². The SMILES string of the molecule is O=C1[C@@H]2C[C@@H]3C(=CC[C@@H]4C(=O)N(c5ccc(N6CCOCC6)cc5)C(=O)[C@@H]43)[C@H](c3ccc4ccccc4c3O)[C@]2(c2ccc(Cl)cc2)C(=O)N1Nc1ncc(C(F)(F)F)cc1Cl. The molecule has 6 atom stereocenters. The molecule has 62 heavy (non-hydrogen) atoms. The predicted molar refractivity (Wildman–Crippen MR) is 224 cm³/mol. The van der Waals surface area contributed by atoms with E-state index in [0.717, 1.165) is 10.7 Å². The number of alkyl halides is 3. The van der Waals surface area contributed by atoms with Crippen molar-refractivity contribution in [3.8, 4) is 5.75 Å². The van der Waals surface area contributed by atoms with E-state index in [2.05, 4.69) is 15.3 Å². The lowest BCUT2D eigenvalue weighted by atomic mass is 9.49. The van der Waals surface area contributed by atoms with E-state index in [1.54, 1.807) is 60.7 Å². The fraction of sp³-hybridized carbons (Fsp3) is 0.283. The average Bonchev–Trinajstić information content (AvgIpc) is 3.65. The fourth-order valence-electron chi connectivity index (χ4n) is 10.5. The van der Waals surface area contributed by atoms with Crippen LogP contribution in [0.3, 0.4) is 0 Å². The highest BCUT2D eigenvalue weighted by Crippen LogP contribution is 2.65. The second kappa shape index (κ2) is 14.8. The molecule has 10 rings (SSSR count). The summed E-state index contributed by atoms with van der Waals surface area (Å²) in [6.45, 7) is 2.58. The van der Waals surface area contributed by atoms with Crippen LogP contribution in [0.5, 0.6) is 5.75 Å². The predicted octanol–water partition coefficient (Wildman–Crippen LogP) is 8.29. The number of phenolic OH excluding ortho intramolecular Hbond substituents is 1. The quantitative estimate of drug-likeness (QED) is 0.128. The first kappa shape index (κ1) is 40.1. The van der Waals surface area contributed by atoms with Crippen molar-refractivity contribution in [1.29, 1.82) is 0 Å². The highest BCUT2D eigenvalue weighted by Gasteiger charge is 2.71. The lowest BCUT2D eigenvalue weighted by Gasteiger charge is -2.50. The Morgan fingerprint density at radius 1 is 0.839 bits per heavy atom. The molecule has 0 bridgehead atoms. The number of fused-ring (bicyclic) bond motifs is 5. The second-order valence-electron chi connectivity index (χ2n) is 16.3. The number of carbonyl (C=O) groups excluding carboxylic acids is 4. The van der Waals surface area contributed by atoms with Gasteiger partial charge in [-0.2, -0.15) is 18.2 Å². The topological polar surface area (TPSA) is 132 Å². The summed E-state index contributed by atoms with van der Waals surface area (Å²) >= 11 is 12.7. The zero-order valence-corrected chi connectivity index (χ0v) is 34.1. The van der Waals surface area contributed by atoms with Crippen LogP contribution in [-0.4, -0.2) is 65.0 Å². The first-order chi connectivity index (χ1) is 29.8. The molecule has 5 aliphatic rings. The molecule has 2 N–H and O–H groups in total. The molecular weight excluding hydrogens is 846 g/mol. The van der Waals surface area contributed by atoms with E-state index >= 15 is 9.59 Å². The van der Waals surface area contributed by atoms with Crippen LogP contribution in [-0.2, 0) is 35.5 Å². The van der Waals surface area contributed by atoms with Gasteiger partial charge in [-0.3, -0.25) is 29.5 Å². The van der Waals surface area contributed by atoms with Gasteiger partial charge in [0.15, 0.2) is 5.82 Å². The number of anilines is 3. The number of amides is 4. The zero-order valence-electron chi connectivity index (χ0n) is 32.6. The maximum Gasteiger partial charge on any atom is 0.417 e. The molecule has 5 aromatic rings. The number of ether oxygens (including phenoxy) is 1. The first-order valence-corrected chi connectivity index (χ1v) is 20.9. The van der Waals surface area contributed by atoms with Gasteiger partial charge in [-0.1, -0.05) is 83.4 Å². The highest BCUT2D eigenvalue weighted by atomic mass is 35.5. The van der Waals surface area contributed by atoms with Crippen LogP contribution < -0.4 is 15.2 Å². The molecule has 0 unspecified atom stereocenters. The third-order valence-electron chi connectivity index (χ3n) is 13.3. The van der Waals surface area contributed by atoms with Gasteiger partial charge in [-0.15, -0.1) is 0 Å². The lowest BCUT2D eigenvalue weighted by Crippen LogP contribution is -2.53. The fourth-order valence-corrected chi connectivity index (χ4v) is 10.9. The maximum atomic E-state index is 15.6. The Kier molecular flexibility index (Phi) is 9.61. The third-order valence-corrected chi connectivity index (χ3v) is 13.8. The number of hydrogen-bond donors (Lipinski definition) is 2. The van der Waals surface area contributed by atoms with Gasteiger partial charge in [-0.25, -0.2) is 4.98 Å². The van der Waals surface area contributed by atoms with Gasteiger partial charge in [0.25, 0.3) is 11.8 Å². The Morgan fingerprint density at radius 3 is 2.26 bits per heavy atom. The molecule has 316 valence electrons. The van der Waals surface area contributed by atoms with Crippen LogP contribution in [0, 0.1) is 23.7 Å². The van der Waals surface area contributed by atoms with Crippen molar-refractivity contribution in [2.75, 3.05) is 41.5 Å². The Balaban J connectivity index is 1.12. The summed E-state index contributed by atoms with van der Waals surface area (Å²) in [5, 5.41) is 14.0. The molecule has 4 fully saturated rings. The van der Waals surface area contributed by atoms with Crippen molar-refractivity contribution in [3.63, 3.8) is 0 Å². The number of morpholine rings is 1. The number of carbonyl (C=O) groups is 4. The van der Waals surface area contributed by atoms with Crippen LogP contribution in [0.25, 0.3) is 10.8 Å². The monoisotopic (exact) mass is 881 g/mol. The number of benzene rings is 4. The van der Waals surface area contributed by atoms with E-state index in [1.807, 2.05) is 30.3 Å². The Morgan fingerprint density at radius 2 is 1.55 bits per heavy atom. The first-order valence-electron chi connectivity index (χ1n) is 20.1. The molecule has 0 spiro atoms. The van der Waals surface area contributed by atoms with E-state index in [4.69, 9.17) is 27.9 Å². The summed E-state index contributed by atoms with van der Waals surface area (Å²) in [7, 11) is 0. The highest BCUT2D eigenvalue weighted by molar-refractivity contribution is 6.33. The number of rotatable bonds is 6. The number of hydrogen-bond acceptors (Lipinski definition) is 9. The Labute approximate surface area is 362 Å². The summed E-state index contributed by atoms with van der Waals surface area (Å²) in [4.78, 5) is 67.1. The van der Waals surface area contributed by atoms with E-state index < -0.39 is 69.5 Å². The number of pyridine rings is 1. The molecule has 3 saturated heterocycles. The van der Waals surface area contributed by atoms with Crippen molar-refractivity contribution in [1.82, 2.24) is 9.99 Å². The van der Waals surface area contributed by atoms with Gasteiger partial charge in [0.1, 0.15) is 5.75 Å². The summed E-state index contributed by atoms with van der Waals surface area (Å²) in [5.41, 5.74) is 2.31. The molecule has 4 heterocycles. The van der Waals surface area contributed by atoms with Crippen LogP contribution in [0.1, 0.15) is 35.4 Å². The number of phenols is 1. The zero-order chi connectivity index (χ0) is 43.2. The van der Waals surface area contributed by atoms with E-state index in [9.17, 15) is 27.9 Å². The number of nitrogens with zero attached hydrogens (tertiary/aromatic N) is 4. The molecule has 16 heteroatoms. The molecule has 4 aromatic carbocycles. The van der Waals surface area contributed by atoms with Crippen LogP contribution in [0.4, 0.5) is 30.4 Å². The smallest absolute Gasteiger partial charge is 0.417 e. The number of halogens is 5. The van der Waals surface area contributed by atoms with E-state index in [-0.39, 0.29) is 30.3 Å². The Bertz CT molecular complexity index is 2730. The van der Waals surface area contributed by atoms with E-state index in [0.29, 0.717) is 76.7 Å². The molecule has 11 nitrogen and oxygen atoms in total. The van der Waals surface area contributed by atoms with Crippen molar-refractivity contribution in [2.45, 2.75) is 30.4 Å². The van der Waals surface area contributed by atoms with Gasteiger partial charge in [0, 0.05) is 46.9 Å². The van der Waals surface area contributed by atoms with Gasteiger partial charge >= 0.3 is 6.18 Å². The van der Waals surface area contributed by atoms with Crippen LogP contribution in [0.2, 0.25) is 10.0 Å². The normalized spacial score (nSPS) is 26.1. The summed E-state index contributed by atoms with van der Waals surface area (Å²) < 4.78 is 46.3. The minimum absolute atomic E-state index is 0.0692. The molecule has 0 radical (unpaired) electrons. The molecule has 1 aromatic heterocycles. The van der Waals surface area contributed by atoms with Crippen molar-refractivity contribution >= 4 is 74.8 Å². The van der Waals surface area contributed by atoms with Crippen LogP contribution in [0.15, 0.2) is 109 Å². The van der Waals surface area contributed by atoms with Crippen molar-refractivity contribution in [2.24, 2.45) is 23.7 Å². The standard InChI is InChI=1S/C46H36Cl2F3N5O6/c47-27-8-6-25(7-9-27)45-35(42(59)56(44(45)61)53-40-36(48)21-26(23-52-40)46(49,50)51)22-34-31(38(45)33-14-5-24-3-1-2-4-30(24)39(33)57)15-16-32-37(34)43(60)55(41(32)58)29-12-10-28(11-13-29)54-17-19-62-20-18-54/h1-15,21,23,32,34-35,37-38,57H,16-20,22H2,(H,52,53)/t32-,34+,35-,37-,38+,45+/m0/s1. The number of aromatic nitrogens is 1. The number of aromatic hydroxyl groups is 1. The summed E-state index contributed by atoms with van der Waals surface area (Å²) in [5.74, 6) is -7.68. The molecular formula is C46H36Cl2F3N5O6. The number of imide groups is 2. The Hall–Kier alpha value is -5.96. The molecule has 3 aliphatic heterocycles. The average molecular weight is 883 g/mol. The summed E-state index contributed by atoms with van der Waals surface area (Å²) in [6.07, 6.45) is -2.27. The molecule has 1 saturated carbocycles. The second-order valence-corrected chi connectivity index (χ2v) is 17.1. The van der Waals surface area contributed by atoms with Gasteiger partial charge in [0.2, 0.25) is 11.8 Å². The minimum Gasteiger partial charge on any atom is -0.507 e. The number of nitrogens with one attached hydrogen (secondary N) is 1. The largest absolute Gasteiger partial charge is 0.507 e. The third kappa shape index (κ3) is 6.09. The summed E-state index contributed by atoms with van der Waals surface area (Å²) in [6, 6.07) is 25.0. The number of allylic oxidation sites excluding steroid dienone is 2. The maximum absolute atomic E-state index is 15.6. The molecule has 4 amide bonds.